The lowest BCUT2D eigenvalue weighted by molar-refractivity contribution is -0.137. The number of anilines is 1. The number of para-hydroxylation sites is 2. The van der Waals surface area contributed by atoms with Gasteiger partial charge in [0.1, 0.15) is 12.4 Å². The van der Waals surface area contributed by atoms with Crippen molar-refractivity contribution < 1.29 is 40.9 Å². The largest absolute Gasteiger partial charge is 0.493 e. The molecule has 1 heterocycles. The van der Waals surface area contributed by atoms with E-state index in [0.29, 0.717) is 17.9 Å². The van der Waals surface area contributed by atoms with Crippen molar-refractivity contribution in [1.82, 2.24) is 9.97 Å². The molecule has 0 saturated heterocycles. The van der Waals surface area contributed by atoms with Crippen LogP contribution in [0.4, 0.5) is 19.0 Å². The fraction of sp³-hybridized carbons (Fsp3) is 0.238. The van der Waals surface area contributed by atoms with Gasteiger partial charge < -0.3 is 19.3 Å². The third-order valence-corrected chi connectivity index (χ3v) is 5.64. The summed E-state index contributed by atoms with van der Waals surface area (Å²) in [7, 11) is -2.98. The highest BCUT2D eigenvalue weighted by molar-refractivity contribution is 7.92. The first kappa shape index (κ1) is 25.1. The number of methoxy groups -OCH3 is 1. The van der Waals surface area contributed by atoms with E-state index in [-0.39, 0.29) is 42.2 Å². The number of benzene rings is 2. The van der Waals surface area contributed by atoms with Gasteiger partial charge in [0, 0.05) is 0 Å². The number of sulfonamides is 1. The molecule has 0 fully saturated rings. The molecule has 0 aliphatic heterocycles. The zero-order valence-corrected chi connectivity index (χ0v) is 18.8. The fourth-order valence-corrected chi connectivity index (χ4v) is 3.77. The summed E-state index contributed by atoms with van der Waals surface area (Å²) >= 11 is 0. The van der Waals surface area contributed by atoms with Gasteiger partial charge in [-0.05, 0) is 43.3 Å². The first-order chi connectivity index (χ1) is 16.0. The Hall–Kier alpha value is -3.58. The average molecular weight is 499 g/mol. The summed E-state index contributed by atoms with van der Waals surface area (Å²) in [5, 5.41) is 9.12. The molecule has 0 aliphatic rings. The highest BCUT2D eigenvalue weighted by atomic mass is 32.2. The molecular formula is C21H20F3N3O6S. The van der Waals surface area contributed by atoms with E-state index in [2.05, 4.69) is 14.7 Å². The van der Waals surface area contributed by atoms with Gasteiger partial charge in [0.15, 0.2) is 17.3 Å². The minimum absolute atomic E-state index is 0.102. The van der Waals surface area contributed by atoms with Crippen molar-refractivity contribution in [3.05, 3.63) is 59.9 Å². The molecule has 0 saturated carbocycles. The molecule has 0 aliphatic carbocycles. The first-order valence-corrected chi connectivity index (χ1v) is 11.2. The SMILES string of the molecule is COc1ccccc1Oc1c(NS(=O)(=O)c2ccc(C(F)(F)F)cc2)nc(C)nc1OCCO. The lowest BCUT2D eigenvalue weighted by Gasteiger charge is -2.17. The molecule has 2 aromatic carbocycles. The second-order valence-electron chi connectivity index (χ2n) is 6.71. The highest BCUT2D eigenvalue weighted by Crippen LogP contribution is 2.40. The van der Waals surface area contributed by atoms with Gasteiger partial charge in [0.05, 0.1) is 24.2 Å². The maximum atomic E-state index is 12.9. The molecule has 0 spiro atoms. The molecule has 2 N–H and O–H groups in total. The number of aliphatic hydroxyl groups is 1. The van der Waals surface area contributed by atoms with Crippen LogP contribution in [0.5, 0.6) is 23.1 Å². The Balaban J connectivity index is 2.05. The monoisotopic (exact) mass is 499 g/mol. The van der Waals surface area contributed by atoms with Crippen LogP contribution in [-0.2, 0) is 16.2 Å². The number of hydrogen-bond donors (Lipinski definition) is 2. The maximum absolute atomic E-state index is 12.9. The van der Waals surface area contributed by atoms with Crippen molar-refractivity contribution in [3.63, 3.8) is 0 Å². The van der Waals surface area contributed by atoms with Crippen LogP contribution in [-0.4, -0.2) is 43.8 Å². The molecule has 0 bridgehead atoms. The molecule has 1 aromatic heterocycles. The standard InChI is InChI=1S/C21H20F3N3O6S/c1-13-25-19(27-34(29,30)15-9-7-14(8-10-15)21(22,23)24)18(20(26-13)32-12-11-28)33-17-6-4-3-5-16(17)31-2/h3-10,28H,11-12H2,1-2H3,(H,25,26,27). The van der Waals surface area contributed by atoms with Crippen molar-refractivity contribution >= 4 is 15.8 Å². The van der Waals surface area contributed by atoms with E-state index < -0.39 is 26.7 Å². The molecule has 13 heteroatoms. The summed E-state index contributed by atoms with van der Waals surface area (Å²) < 4.78 is 83.0. The van der Waals surface area contributed by atoms with Crippen LogP contribution in [0, 0.1) is 6.92 Å². The van der Waals surface area contributed by atoms with E-state index in [4.69, 9.17) is 19.3 Å². The smallest absolute Gasteiger partial charge is 0.416 e. The van der Waals surface area contributed by atoms with Gasteiger partial charge in [0.25, 0.3) is 15.9 Å². The fourth-order valence-electron chi connectivity index (χ4n) is 2.76. The molecule has 3 rings (SSSR count). The van der Waals surface area contributed by atoms with Gasteiger partial charge in [0.2, 0.25) is 5.75 Å². The zero-order valence-electron chi connectivity index (χ0n) is 18.0. The molecule has 3 aromatic rings. The normalized spacial score (nSPS) is 11.7. The van der Waals surface area contributed by atoms with Gasteiger partial charge in [-0.25, -0.2) is 13.4 Å². The molecule has 0 unspecified atom stereocenters. The number of ether oxygens (including phenoxy) is 3. The number of aliphatic hydroxyl groups excluding tert-OH is 1. The lowest BCUT2D eigenvalue weighted by Crippen LogP contribution is -2.17. The van der Waals surface area contributed by atoms with Crippen LogP contribution in [0.15, 0.2) is 53.4 Å². The van der Waals surface area contributed by atoms with E-state index in [1.165, 1.54) is 14.0 Å². The number of aromatic nitrogens is 2. The van der Waals surface area contributed by atoms with Crippen molar-refractivity contribution in [2.24, 2.45) is 0 Å². The number of nitrogens with one attached hydrogen (secondary N) is 1. The second kappa shape index (κ2) is 10.1. The van der Waals surface area contributed by atoms with E-state index in [0.717, 1.165) is 12.1 Å². The van der Waals surface area contributed by atoms with Gasteiger partial charge in [-0.1, -0.05) is 12.1 Å². The van der Waals surface area contributed by atoms with E-state index in [1.807, 2.05) is 0 Å². The lowest BCUT2D eigenvalue weighted by atomic mass is 10.2. The second-order valence-corrected chi connectivity index (χ2v) is 8.39. The van der Waals surface area contributed by atoms with Crippen LogP contribution >= 0.6 is 0 Å². The van der Waals surface area contributed by atoms with E-state index in [1.54, 1.807) is 24.3 Å². The third-order valence-electron chi connectivity index (χ3n) is 4.28. The summed E-state index contributed by atoms with van der Waals surface area (Å²) in [5.41, 5.74) is -0.996. The van der Waals surface area contributed by atoms with Gasteiger partial charge in [-0.2, -0.15) is 18.2 Å². The average Bonchev–Trinajstić information content (AvgIpc) is 2.79. The maximum Gasteiger partial charge on any atom is 0.416 e. The van der Waals surface area contributed by atoms with Gasteiger partial charge >= 0.3 is 6.18 Å². The van der Waals surface area contributed by atoms with Gasteiger partial charge in [-0.3, -0.25) is 4.72 Å². The van der Waals surface area contributed by atoms with Crippen LogP contribution in [0.1, 0.15) is 11.4 Å². The zero-order chi connectivity index (χ0) is 24.9. The third kappa shape index (κ3) is 5.85. The first-order valence-electron chi connectivity index (χ1n) is 9.68. The number of rotatable bonds is 9. The van der Waals surface area contributed by atoms with Crippen LogP contribution in [0.2, 0.25) is 0 Å². The summed E-state index contributed by atoms with van der Waals surface area (Å²) in [4.78, 5) is 7.73. The Bertz CT molecular complexity index is 1250. The quantitative estimate of drug-likeness (QED) is 0.457. The molecule has 9 nitrogen and oxygen atoms in total. The van der Waals surface area contributed by atoms with E-state index in [9.17, 15) is 21.6 Å². The number of halogens is 3. The molecule has 0 radical (unpaired) electrons. The van der Waals surface area contributed by atoms with Crippen LogP contribution in [0.3, 0.4) is 0 Å². The Morgan fingerprint density at radius 3 is 2.26 bits per heavy atom. The minimum Gasteiger partial charge on any atom is -0.493 e. The summed E-state index contributed by atoms with van der Waals surface area (Å²) in [5.74, 6) is -0.137. The summed E-state index contributed by atoms with van der Waals surface area (Å²) in [6.07, 6.45) is -4.62. The van der Waals surface area contributed by atoms with Crippen LogP contribution < -0.4 is 18.9 Å². The number of hydrogen-bond acceptors (Lipinski definition) is 8. The molecule has 0 atom stereocenters. The molecule has 182 valence electrons. The Morgan fingerprint density at radius 2 is 1.68 bits per heavy atom. The van der Waals surface area contributed by atoms with Crippen molar-refractivity contribution in [2.75, 3.05) is 25.0 Å². The molecule has 34 heavy (non-hydrogen) atoms. The predicted molar refractivity (Wildman–Crippen MR) is 115 cm³/mol. The van der Waals surface area contributed by atoms with Crippen molar-refractivity contribution in [1.29, 1.82) is 0 Å². The van der Waals surface area contributed by atoms with Crippen LogP contribution in [0.25, 0.3) is 0 Å². The predicted octanol–water partition coefficient (Wildman–Crippen LogP) is 3.78. The van der Waals surface area contributed by atoms with E-state index >= 15 is 0 Å². The number of nitrogens with zero attached hydrogens (tertiary/aromatic N) is 2. The molecule has 0 amide bonds. The number of aryl methyl sites for hydroxylation is 1. The summed E-state index contributed by atoms with van der Waals surface area (Å²) in [6, 6.07) is 9.44. The Morgan fingerprint density at radius 1 is 1.03 bits per heavy atom. The topological polar surface area (TPSA) is 120 Å². The van der Waals surface area contributed by atoms with Gasteiger partial charge in [-0.15, -0.1) is 0 Å². The summed E-state index contributed by atoms with van der Waals surface area (Å²) in [6.45, 7) is 0.933. The van der Waals surface area contributed by atoms with Crippen molar-refractivity contribution in [3.8, 4) is 23.1 Å². The Labute approximate surface area is 193 Å². The Kier molecular flexibility index (Phi) is 7.47. The van der Waals surface area contributed by atoms with Crippen molar-refractivity contribution in [2.45, 2.75) is 18.0 Å². The minimum atomic E-state index is -4.62. The highest BCUT2D eigenvalue weighted by Gasteiger charge is 2.31. The number of alkyl halides is 3. The molecular weight excluding hydrogens is 479 g/mol.